The first-order valence-corrected chi connectivity index (χ1v) is 21.7. The molecule has 0 saturated carbocycles. The highest BCUT2D eigenvalue weighted by Gasteiger charge is 2.07. The lowest BCUT2D eigenvalue weighted by molar-refractivity contribution is 0.373. The predicted octanol–water partition coefficient (Wildman–Crippen LogP) is 21.0. The summed E-state index contributed by atoms with van der Waals surface area (Å²) in [6.07, 6.45) is 43.3. The van der Waals surface area contributed by atoms with Gasteiger partial charge >= 0.3 is 0 Å². The summed E-state index contributed by atoms with van der Waals surface area (Å²) in [6.45, 7) is 28.0. The molecule has 0 fully saturated rings. The molecule has 48 heavy (non-hydrogen) atoms. The zero-order valence-electron chi connectivity index (χ0n) is 34.8. The molecule has 0 aromatic rings. The molecule has 0 aliphatic carbocycles. The van der Waals surface area contributed by atoms with Crippen molar-refractivity contribution in [3.8, 4) is 0 Å². The van der Waals surface area contributed by atoms with Gasteiger partial charge in [0.2, 0.25) is 0 Å². The lowest BCUT2D eigenvalue weighted by Crippen LogP contribution is -2.01. The van der Waals surface area contributed by atoms with Crippen molar-refractivity contribution in [2.75, 3.05) is 0 Å². The van der Waals surface area contributed by atoms with Gasteiger partial charge in [-0.3, -0.25) is 0 Å². The van der Waals surface area contributed by atoms with E-state index in [-0.39, 0.29) is 29.7 Å². The van der Waals surface area contributed by atoms with Crippen LogP contribution in [-0.4, -0.2) is 0 Å². The molecule has 0 aliphatic heterocycles. The molecule has 0 aromatic heterocycles. The molecule has 0 spiro atoms. The minimum absolute atomic E-state index is 0. The van der Waals surface area contributed by atoms with Gasteiger partial charge in [0.15, 0.2) is 0 Å². The van der Waals surface area contributed by atoms with Crippen LogP contribution in [0.15, 0.2) is 0 Å². The maximum Gasteiger partial charge on any atom is -0.0414 e. The van der Waals surface area contributed by atoms with E-state index in [9.17, 15) is 0 Å². The lowest BCUT2D eigenvalue weighted by Gasteiger charge is -2.16. The summed E-state index contributed by atoms with van der Waals surface area (Å²) in [5, 5.41) is 0. The normalized spacial score (nSPS) is 9.44. The first-order chi connectivity index (χ1) is 21.7. The third-order valence-electron chi connectivity index (χ3n) is 8.06. The summed E-state index contributed by atoms with van der Waals surface area (Å²) in [5.74, 6) is 1.04. The van der Waals surface area contributed by atoms with Crippen LogP contribution in [0.25, 0.3) is 0 Å². The van der Waals surface area contributed by atoms with Crippen LogP contribution in [0, 0.1) is 5.92 Å². The fourth-order valence-corrected chi connectivity index (χ4v) is 5.24. The maximum absolute atomic E-state index is 2.33. The van der Waals surface area contributed by atoms with Gasteiger partial charge in [0.25, 0.3) is 0 Å². The molecule has 0 aromatic carbocycles. The van der Waals surface area contributed by atoms with Crippen molar-refractivity contribution < 1.29 is 0 Å². The molecular weight excluding hydrogens is 577 g/mol. The van der Waals surface area contributed by atoms with Gasteiger partial charge in [0.05, 0.1) is 0 Å². The second-order valence-corrected chi connectivity index (χ2v) is 12.3. The Kier molecular flexibility index (Phi) is 140. The van der Waals surface area contributed by atoms with Crippen molar-refractivity contribution in [2.45, 2.75) is 312 Å². The van der Waals surface area contributed by atoms with Crippen LogP contribution in [0.3, 0.4) is 0 Å². The van der Waals surface area contributed by atoms with E-state index >= 15 is 0 Å². The van der Waals surface area contributed by atoms with Gasteiger partial charge in [0, 0.05) is 0 Å². The van der Waals surface area contributed by atoms with Crippen molar-refractivity contribution in [3.05, 3.63) is 0 Å². The largest absolute Gasteiger partial charge is 0.0776 e. The van der Waals surface area contributed by atoms with E-state index < -0.39 is 0 Å². The average molecular weight is 693 g/mol. The molecule has 0 radical (unpaired) electrons. The highest BCUT2D eigenvalue weighted by Crippen LogP contribution is 2.23. The second kappa shape index (κ2) is 91.3. The van der Waals surface area contributed by atoms with Gasteiger partial charge in [-0.15, -0.1) is 0 Å². The van der Waals surface area contributed by atoms with Gasteiger partial charge in [-0.1, -0.05) is 312 Å². The summed E-state index contributed by atoms with van der Waals surface area (Å²) >= 11 is 0. The first kappa shape index (κ1) is 73.4. The Balaban J connectivity index is -0.0000000525. The molecule has 0 heteroatoms. The van der Waals surface area contributed by atoms with Gasteiger partial charge in [-0.05, 0) is 5.92 Å². The summed E-state index contributed by atoms with van der Waals surface area (Å²) < 4.78 is 0. The minimum atomic E-state index is 0. The lowest BCUT2D eigenvalue weighted by atomic mass is 9.90. The van der Waals surface area contributed by atoms with Crippen LogP contribution in [0.2, 0.25) is 0 Å². The van der Waals surface area contributed by atoms with E-state index in [4.69, 9.17) is 0 Å². The predicted molar refractivity (Wildman–Crippen MR) is 243 cm³/mol. The van der Waals surface area contributed by atoms with Crippen molar-refractivity contribution in [3.63, 3.8) is 0 Å². The zero-order chi connectivity index (χ0) is 34.8. The molecule has 0 bridgehead atoms. The number of hydrogen-bond acceptors (Lipinski definition) is 0. The van der Waals surface area contributed by atoms with Crippen LogP contribution < -0.4 is 0 Å². The summed E-state index contributed by atoms with van der Waals surface area (Å²) in [5.41, 5.74) is 0. The van der Waals surface area contributed by atoms with Crippen LogP contribution in [0.5, 0.6) is 0 Å². The molecule has 0 heterocycles. The minimum Gasteiger partial charge on any atom is -0.0776 e. The van der Waals surface area contributed by atoms with E-state index in [2.05, 4.69) is 48.5 Å². The van der Waals surface area contributed by atoms with Crippen molar-refractivity contribution >= 4 is 0 Å². The van der Waals surface area contributed by atoms with E-state index in [1.54, 1.807) is 0 Å². The topological polar surface area (TPSA) is 0 Å². The Bertz CT molecular complexity index is 301. The standard InChI is InChI=1S/C18H38.2C10H22.3C2H6.4CH4/c1-4-7-10-11-12-14-17-18(15-9-6-3)16-13-8-5-2;2*1-3-5-7-9-10-8-6-4-2;3*1-2;;;;/h18H,4-17H2,1-3H3;2*3-10H2,1-2H3;3*1-2H3;4*1H4. The van der Waals surface area contributed by atoms with E-state index in [1.165, 1.54) is 193 Å². The summed E-state index contributed by atoms with van der Waals surface area (Å²) in [6, 6.07) is 0. The molecule has 1 atom stereocenters. The van der Waals surface area contributed by atoms with Gasteiger partial charge < -0.3 is 0 Å². The molecule has 0 N–H and O–H groups in total. The Morgan fingerprint density at radius 1 is 0.208 bits per heavy atom. The third-order valence-corrected chi connectivity index (χ3v) is 8.06. The summed E-state index contributed by atoms with van der Waals surface area (Å²) in [7, 11) is 0. The first-order valence-electron chi connectivity index (χ1n) is 21.7. The average Bonchev–Trinajstić information content (AvgIpc) is 3.08. The highest BCUT2D eigenvalue weighted by molar-refractivity contribution is 4.61. The third kappa shape index (κ3) is 96.9. The van der Waals surface area contributed by atoms with Crippen LogP contribution in [0.1, 0.15) is 312 Å². The fraction of sp³-hybridized carbons (Fsp3) is 1.00. The van der Waals surface area contributed by atoms with Crippen LogP contribution in [-0.2, 0) is 0 Å². The van der Waals surface area contributed by atoms with Gasteiger partial charge in [-0.25, -0.2) is 0 Å². The molecule has 0 rings (SSSR count). The Labute approximate surface area is 317 Å². The SMILES string of the molecule is C.C.C.C.CC.CC.CC.CCCCCCCCC(CCCC)CCCCC.CCCCCCCCCC.CCCCCCCCCC. The van der Waals surface area contributed by atoms with Crippen LogP contribution >= 0.6 is 0 Å². The van der Waals surface area contributed by atoms with E-state index in [0.717, 1.165) is 5.92 Å². The van der Waals surface area contributed by atoms with Crippen molar-refractivity contribution in [2.24, 2.45) is 5.92 Å². The number of unbranched alkanes of at least 4 members (excludes halogenated alkanes) is 22. The molecule has 308 valence electrons. The van der Waals surface area contributed by atoms with Crippen molar-refractivity contribution in [1.29, 1.82) is 0 Å². The molecule has 0 aliphatic rings. The van der Waals surface area contributed by atoms with Crippen molar-refractivity contribution in [1.82, 2.24) is 0 Å². The van der Waals surface area contributed by atoms with Gasteiger partial charge in [0.1, 0.15) is 0 Å². The number of rotatable bonds is 28. The zero-order valence-corrected chi connectivity index (χ0v) is 34.8. The molecule has 0 nitrogen and oxygen atoms in total. The maximum atomic E-state index is 2.33. The summed E-state index contributed by atoms with van der Waals surface area (Å²) in [4.78, 5) is 0. The highest BCUT2D eigenvalue weighted by atomic mass is 14.1. The Hall–Kier alpha value is 0. The molecule has 1 unspecified atom stereocenters. The van der Waals surface area contributed by atoms with E-state index in [1.807, 2.05) is 41.5 Å². The van der Waals surface area contributed by atoms with Crippen LogP contribution in [0.4, 0.5) is 0 Å². The smallest absolute Gasteiger partial charge is 0.0414 e. The van der Waals surface area contributed by atoms with Gasteiger partial charge in [-0.2, -0.15) is 0 Å². The molecule has 0 amide bonds. The second-order valence-electron chi connectivity index (χ2n) is 12.3. The molecule has 0 saturated heterocycles. The monoisotopic (exact) mass is 693 g/mol. The number of hydrogen-bond donors (Lipinski definition) is 0. The Morgan fingerprint density at radius 2 is 0.354 bits per heavy atom. The quantitative estimate of drug-likeness (QED) is 0.0716. The van der Waals surface area contributed by atoms with E-state index in [0.29, 0.717) is 0 Å². The Morgan fingerprint density at radius 3 is 0.583 bits per heavy atom. The fourth-order valence-electron chi connectivity index (χ4n) is 5.24. The molecular formula is C48H116.